The van der Waals surface area contributed by atoms with Gasteiger partial charge in [-0.1, -0.05) is 18.2 Å². The number of hydrogen-bond acceptors (Lipinski definition) is 5. The Morgan fingerprint density at radius 3 is 2.69 bits per heavy atom. The molecule has 0 saturated carbocycles. The van der Waals surface area contributed by atoms with Gasteiger partial charge >= 0.3 is 6.61 Å². The number of ether oxygens (including phenoxy) is 2. The average molecular weight is 488 g/mol. The summed E-state index contributed by atoms with van der Waals surface area (Å²) >= 11 is 0. The van der Waals surface area contributed by atoms with Crippen LogP contribution in [0, 0.1) is 0 Å². The largest absolute Gasteiger partial charge is 0.493 e. The van der Waals surface area contributed by atoms with Crippen LogP contribution in [0.2, 0.25) is 0 Å². The number of rotatable bonds is 9. The van der Waals surface area contributed by atoms with E-state index in [-0.39, 0.29) is 42.2 Å². The molecule has 35 heavy (non-hydrogen) atoms. The van der Waals surface area contributed by atoms with E-state index in [2.05, 4.69) is 10.1 Å². The number of carbonyl (C=O) groups is 3. The van der Waals surface area contributed by atoms with Crippen molar-refractivity contribution in [3.63, 3.8) is 0 Å². The molecule has 0 bridgehead atoms. The fraction of sp³-hybridized carbons (Fsp3) is 0.400. The van der Waals surface area contributed by atoms with Gasteiger partial charge in [0.05, 0.1) is 18.4 Å². The average Bonchev–Trinajstić information content (AvgIpc) is 3.14. The fourth-order valence-electron chi connectivity index (χ4n) is 4.75. The standard InChI is InChI=1S/C25H27F2N3O5/c1-25-12-9-22(32)30(25)18-6-4-3-5-17(18)23(33)29(25)14-11-21(31)28-13-10-16-7-8-19(35-24(26)27)20(15-16)34-2/h3-8,15,24H,9-14H2,1-2H3,(H,28,31)/t25-/m1/s1. The molecule has 0 aromatic heterocycles. The SMILES string of the molecule is COc1cc(CCNC(=O)CCN2C(=O)c3ccccc3N3C(=O)CC[C@]23C)ccc1OC(F)F. The van der Waals surface area contributed by atoms with Crippen molar-refractivity contribution in [1.82, 2.24) is 10.2 Å². The summed E-state index contributed by atoms with van der Waals surface area (Å²) in [7, 11) is 1.36. The van der Waals surface area contributed by atoms with Gasteiger partial charge in [-0.05, 0) is 49.6 Å². The normalized spacial score (nSPS) is 19.0. The van der Waals surface area contributed by atoms with Gasteiger partial charge in [-0.25, -0.2) is 0 Å². The van der Waals surface area contributed by atoms with E-state index < -0.39 is 12.3 Å². The van der Waals surface area contributed by atoms with Crippen molar-refractivity contribution >= 4 is 23.4 Å². The van der Waals surface area contributed by atoms with Crippen LogP contribution in [0.4, 0.5) is 14.5 Å². The van der Waals surface area contributed by atoms with Gasteiger partial charge in [0.15, 0.2) is 11.5 Å². The number of nitrogens with one attached hydrogen (secondary N) is 1. The monoisotopic (exact) mass is 487 g/mol. The van der Waals surface area contributed by atoms with Crippen molar-refractivity contribution in [2.24, 2.45) is 0 Å². The van der Waals surface area contributed by atoms with Crippen molar-refractivity contribution in [2.45, 2.75) is 44.9 Å². The summed E-state index contributed by atoms with van der Waals surface area (Å²) in [5.41, 5.74) is 1.04. The molecule has 3 amide bonds. The summed E-state index contributed by atoms with van der Waals surface area (Å²) in [6, 6.07) is 11.6. The maximum atomic E-state index is 13.2. The van der Waals surface area contributed by atoms with Gasteiger partial charge in [0.25, 0.3) is 5.91 Å². The van der Waals surface area contributed by atoms with Gasteiger partial charge in [-0.3, -0.25) is 19.3 Å². The summed E-state index contributed by atoms with van der Waals surface area (Å²) in [5.74, 6) is -0.346. The Balaban J connectivity index is 1.35. The zero-order chi connectivity index (χ0) is 25.2. The molecule has 2 aromatic carbocycles. The van der Waals surface area contributed by atoms with E-state index in [0.717, 1.165) is 5.56 Å². The highest BCUT2D eigenvalue weighted by molar-refractivity contribution is 6.10. The highest BCUT2D eigenvalue weighted by Crippen LogP contribution is 2.43. The fourth-order valence-corrected chi connectivity index (χ4v) is 4.75. The smallest absolute Gasteiger partial charge is 0.387 e. The van der Waals surface area contributed by atoms with Crippen LogP contribution in [0.3, 0.4) is 0 Å². The second-order valence-electron chi connectivity index (χ2n) is 8.63. The molecule has 8 nitrogen and oxygen atoms in total. The van der Waals surface area contributed by atoms with Crippen molar-refractivity contribution in [2.75, 3.05) is 25.1 Å². The number of nitrogens with zero attached hydrogens (tertiary/aromatic N) is 2. The highest BCUT2D eigenvalue weighted by Gasteiger charge is 2.52. The third kappa shape index (κ3) is 4.78. The number of halogens is 2. The minimum atomic E-state index is -2.95. The lowest BCUT2D eigenvalue weighted by atomic mass is 9.98. The number of fused-ring (bicyclic) bond motifs is 3. The van der Waals surface area contributed by atoms with E-state index >= 15 is 0 Å². The second kappa shape index (κ2) is 9.89. The van der Waals surface area contributed by atoms with Crippen LogP contribution < -0.4 is 19.7 Å². The van der Waals surface area contributed by atoms with Crippen LogP contribution in [0.25, 0.3) is 0 Å². The number of benzene rings is 2. The molecule has 0 unspecified atom stereocenters. The minimum absolute atomic E-state index is 0.0395. The summed E-state index contributed by atoms with van der Waals surface area (Å²) < 4.78 is 34.5. The van der Waals surface area contributed by atoms with Crippen molar-refractivity contribution < 1.29 is 32.6 Å². The van der Waals surface area contributed by atoms with E-state index in [1.54, 1.807) is 46.2 Å². The van der Waals surface area contributed by atoms with E-state index in [0.29, 0.717) is 37.1 Å². The first-order chi connectivity index (χ1) is 16.7. The van der Waals surface area contributed by atoms with Crippen LogP contribution >= 0.6 is 0 Å². The molecule has 1 atom stereocenters. The Bertz CT molecular complexity index is 1140. The maximum absolute atomic E-state index is 13.2. The van der Waals surface area contributed by atoms with E-state index in [1.165, 1.54) is 13.2 Å². The molecule has 0 radical (unpaired) electrons. The number of amides is 3. The number of alkyl halides is 2. The molecule has 10 heteroatoms. The molecular formula is C25H27F2N3O5. The van der Waals surface area contributed by atoms with Gasteiger partial charge in [-0.15, -0.1) is 0 Å². The Labute approximate surface area is 201 Å². The maximum Gasteiger partial charge on any atom is 0.387 e. The Morgan fingerprint density at radius 1 is 1.17 bits per heavy atom. The first-order valence-electron chi connectivity index (χ1n) is 11.4. The third-order valence-corrected chi connectivity index (χ3v) is 6.49. The Morgan fingerprint density at radius 2 is 1.94 bits per heavy atom. The predicted molar refractivity (Wildman–Crippen MR) is 124 cm³/mol. The molecule has 0 aliphatic carbocycles. The summed E-state index contributed by atoms with van der Waals surface area (Å²) in [6.45, 7) is -0.605. The van der Waals surface area contributed by atoms with E-state index in [1.807, 2.05) is 6.92 Å². The molecule has 2 aliphatic rings. The molecule has 4 rings (SSSR count). The van der Waals surface area contributed by atoms with Crippen LogP contribution in [0.5, 0.6) is 11.5 Å². The molecule has 186 valence electrons. The highest BCUT2D eigenvalue weighted by atomic mass is 19.3. The lowest BCUT2D eigenvalue weighted by Gasteiger charge is -2.48. The van der Waals surface area contributed by atoms with Crippen LogP contribution in [0.15, 0.2) is 42.5 Å². The van der Waals surface area contributed by atoms with Gasteiger partial charge < -0.3 is 19.7 Å². The number of methoxy groups -OCH3 is 1. The molecular weight excluding hydrogens is 460 g/mol. The first-order valence-corrected chi connectivity index (χ1v) is 11.4. The molecule has 2 aromatic rings. The lowest BCUT2D eigenvalue weighted by molar-refractivity contribution is -0.121. The topological polar surface area (TPSA) is 88.2 Å². The quantitative estimate of drug-likeness (QED) is 0.586. The Kier molecular flexibility index (Phi) is 6.90. The van der Waals surface area contributed by atoms with Crippen molar-refractivity contribution in [3.8, 4) is 11.5 Å². The second-order valence-corrected chi connectivity index (χ2v) is 8.63. The van der Waals surface area contributed by atoms with Crippen LogP contribution in [-0.4, -0.2) is 55.1 Å². The molecule has 1 fully saturated rings. The predicted octanol–water partition coefficient (Wildman–Crippen LogP) is 3.34. The number of anilines is 1. The molecule has 2 aliphatic heterocycles. The zero-order valence-corrected chi connectivity index (χ0v) is 19.6. The zero-order valence-electron chi connectivity index (χ0n) is 19.6. The first kappa shape index (κ1) is 24.4. The van der Waals surface area contributed by atoms with E-state index in [4.69, 9.17) is 4.74 Å². The summed E-state index contributed by atoms with van der Waals surface area (Å²) in [6.07, 6.45) is 1.37. The molecule has 0 spiro atoms. The Hall–Kier alpha value is -3.69. The molecule has 2 heterocycles. The summed E-state index contributed by atoms with van der Waals surface area (Å²) in [5, 5.41) is 2.82. The minimum Gasteiger partial charge on any atom is -0.493 e. The molecule has 1 N–H and O–H groups in total. The number of hydrogen-bond donors (Lipinski definition) is 1. The van der Waals surface area contributed by atoms with E-state index in [9.17, 15) is 23.2 Å². The van der Waals surface area contributed by atoms with Gasteiger partial charge in [-0.2, -0.15) is 8.78 Å². The van der Waals surface area contributed by atoms with Crippen LogP contribution in [0.1, 0.15) is 42.1 Å². The van der Waals surface area contributed by atoms with Gasteiger partial charge in [0.1, 0.15) is 5.66 Å². The molecule has 1 saturated heterocycles. The van der Waals surface area contributed by atoms with Crippen molar-refractivity contribution in [3.05, 3.63) is 53.6 Å². The third-order valence-electron chi connectivity index (χ3n) is 6.49. The van der Waals surface area contributed by atoms with Gasteiger partial charge in [0, 0.05) is 25.9 Å². The number of para-hydroxylation sites is 1. The lowest BCUT2D eigenvalue weighted by Crippen LogP contribution is -2.62. The van der Waals surface area contributed by atoms with Crippen molar-refractivity contribution in [1.29, 1.82) is 0 Å². The van der Waals surface area contributed by atoms with Crippen LogP contribution in [-0.2, 0) is 16.0 Å². The number of carbonyl (C=O) groups excluding carboxylic acids is 3. The summed E-state index contributed by atoms with van der Waals surface area (Å²) in [4.78, 5) is 41.7. The van der Waals surface area contributed by atoms with Gasteiger partial charge in [0.2, 0.25) is 11.8 Å².